The van der Waals surface area contributed by atoms with Gasteiger partial charge in [-0.15, -0.1) is 11.8 Å². The third kappa shape index (κ3) is 4.25. The van der Waals surface area contributed by atoms with Gasteiger partial charge in [0.05, 0.1) is 0 Å². The molecule has 0 heterocycles. The molecule has 2 rings (SSSR count). The van der Waals surface area contributed by atoms with E-state index in [0.29, 0.717) is 0 Å². The number of ether oxygens (including phenoxy) is 1. The highest BCUT2D eigenvalue weighted by Gasteiger charge is 2.13. The zero-order valence-corrected chi connectivity index (χ0v) is 14.9. The smallest absolute Gasteiger partial charge is 0.140 e. The van der Waals surface area contributed by atoms with Crippen LogP contribution in [0.4, 0.5) is 0 Å². The van der Waals surface area contributed by atoms with Gasteiger partial charge in [0.25, 0.3) is 0 Å². The lowest BCUT2D eigenvalue weighted by Gasteiger charge is -2.18. The molecule has 1 atom stereocenters. The molecular formula is C17H20BrNOS. The van der Waals surface area contributed by atoms with Gasteiger partial charge in [0, 0.05) is 21.0 Å². The summed E-state index contributed by atoms with van der Waals surface area (Å²) in [5, 5.41) is 3.44. The number of para-hydroxylation sites is 1. The average molecular weight is 366 g/mol. The van der Waals surface area contributed by atoms with Crippen LogP contribution >= 0.6 is 27.7 Å². The van der Waals surface area contributed by atoms with Crippen molar-refractivity contribution >= 4 is 27.7 Å². The Bertz CT molecular complexity index is 603. The Hall–Kier alpha value is -0.970. The first kappa shape index (κ1) is 16.4. The quantitative estimate of drug-likeness (QED) is 0.669. The Morgan fingerprint density at radius 1 is 1.19 bits per heavy atom. The summed E-state index contributed by atoms with van der Waals surface area (Å²) in [5.74, 6) is 1.78. The van der Waals surface area contributed by atoms with Crippen LogP contribution in [-0.4, -0.2) is 12.8 Å². The molecule has 0 aliphatic rings. The van der Waals surface area contributed by atoms with E-state index in [2.05, 4.69) is 59.5 Å². The monoisotopic (exact) mass is 365 g/mol. The molecule has 0 saturated heterocycles. The fourth-order valence-corrected chi connectivity index (χ4v) is 3.06. The van der Waals surface area contributed by atoms with Crippen LogP contribution in [0.2, 0.25) is 0 Å². The summed E-state index contributed by atoms with van der Waals surface area (Å²) >= 11 is 5.22. The number of rotatable bonds is 6. The SMILES string of the molecule is CCNC(C)c1ccc(Br)cc1Oc1ccccc1SC. The highest BCUT2D eigenvalue weighted by Crippen LogP contribution is 2.36. The van der Waals surface area contributed by atoms with E-state index >= 15 is 0 Å². The van der Waals surface area contributed by atoms with Gasteiger partial charge in [-0.25, -0.2) is 0 Å². The highest BCUT2D eigenvalue weighted by atomic mass is 79.9. The zero-order valence-electron chi connectivity index (χ0n) is 12.5. The highest BCUT2D eigenvalue weighted by molar-refractivity contribution is 9.10. The van der Waals surface area contributed by atoms with Crippen molar-refractivity contribution in [2.45, 2.75) is 24.8 Å². The van der Waals surface area contributed by atoms with Gasteiger partial charge < -0.3 is 10.1 Å². The molecule has 0 aliphatic heterocycles. The Morgan fingerprint density at radius 2 is 1.95 bits per heavy atom. The van der Waals surface area contributed by atoms with Gasteiger partial charge >= 0.3 is 0 Å². The van der Waals surface area contributed by atoms with Crippen LogP contribution in [0, 0.1) is 0 Å². The van der Waals surface area contributed by atoms with Crippen molar-refractivity contribution in [2.75, 3.05) is 12.8 Å². The van der Waals surface area contributed by atoms with E-state index in [9.17, 15) is 0 Å². The summed E-state index contributed by atoms with van der Waals surface area (Å²) in [6, 6.07) is 14.5. The maximum Gasteiger partial charge on any atom is 0.140 e. The molecule has 2 aromatic carbocycles. The molecule has 21 heavy (non-hydrogen) atoms. The maximum atomic E-state index is 6.19. The molecular weight excluding hydrogens is 346 g/mol. The predicted octanol–water partition coefficient (Wildman–Crippen LogP) is 5.63. The van der Waals surface area contributed by atoms with E-state index in [-0.39, 0.29) is 6.04 Å². The summed E-state index contributed by atoms with van der Waals surface area (Å²) < 4.78 is 7.21. The van der Waals surface area contributed by atoms with Crippen molar-refractivity contribution in [3.8, 4) is 11.5 Å². The van der Waals surface area contributed by atoms with E-state index < -0.39 is 0 Å². The molecule has 0 aromatic heterocycles. The van der Waals surface area contributed by atoms with Crippen LogP contribution in [0.25, 0.3) is 0 Å². The minimum atomic E-state index is 0.250. The normalized spacial score (nSPS) is 12.2. The first-order chi connectivity index (χ1) is 10.2. The zero-order chi connectivity index (χ0) is 15.2. The van der Waals surface area contributed by atoms with Crippen LogP contribution in [0.3, 0.4) is 0 Å². The van der Waals surface area contributed by atoms with Gasteiger partial charge in [-0.05, 0) is 44.0 Å². The Kier molecular flexibility index (Phi) is 6.15. The number of nitrogens with one attached hydrogen (secondary N) is 1. The van der Waals surface area contributed by atoms with Gasteiger partial charge in [-0.3, -0.25) is 0 Å². The molecule has 1 N–H and O–H groups in total. The fraction of sp³-hybridized carbons (Fsp3) is 0.294. The standard InChI is InChI=1S/C17H20BrNOS/c1-4-19-12(2)14-10-9-13(18)11-16(14)20-15-7-5-6-8-17(15)21-3/h5-12,19H,4H2,1-3H3. The molecule has 2 nitrogen and oxygen atoms in total. The van der Waals surface area contributed by atoms with E-state index in [1.807, 2.05) is 24.3 Å². The van der Waals surface area contributed by atoms with Gasteiger partial charge in [0.2, 0.25) is 0 Å². The third-order valence-corrected chi connectivity index (χ3v) is 4.51. The first-order valence-electron chi connectivity index (χ1n) is 6.99. The predicted molar refractivity (Wildman–Crippen MR) is 94.5 cm³/mol. The number of halogens is 1. The summed E-state index contributed by atoms with van der Waals surface area (Å²) in [7, 11) is 0. The maximum absolute atomic E-state index is 6.19. The number of thioether (sulfide) groups is 1. The molecule has 1 unspecified atom stereocenters. The molecule has 4 heteroatoms. The van der Waals surface area contributed by atoms with Crippen molar-refractivity contribution in [3.63, 3.8) is 0 Å². The van der Waals surface area contributed by atoms with Crippen molar-refractivity contribution in [1.29, 1.82) is 0 Å². The molecule has 2 aromatic rings. The van der Waals surface area contributed by atoms with Crippen molar-refractivity contribution in [1.82, 2.24) is 5.32 Å². The number of hydrogen-bond donors (Lipinski definition) is 1. The van der Waals surface area contributed by atoms with Crippen LogP contribution in [-0.2, 0) is 0 Å². The Balaban J connectivity index is 2.36. The van der Waals surface area contributed by atoms with Gasteiger partial charge in [0.15, 0.2) is 0 Å². The summed E-state index contributed by atoms with van der Waals surface area (Å²) in [6.07, 6.45) is 2.06. The topological polar surface area (TPSA) is 21.3 Å². The van der Waals surface area contributed by atoms with E-state index in [0.717, 1.165) is 33.0 Å². The van der Waals surface area contributed by atoms with E-state index in [1.54, 1.807) is 11.8 Å². The van der Waals surface area contributed by atoms with Crippen molar-refractivity contribution in [2.24, 2.45) is 0 Å². The average Bonchev–Trinajstić information content (AvgIpc) is 2.48. The number of hydrogen-bond acceptors (Lipinski definition) is 3. The molecule has 0 aliphatic carbocycles. The first-order valence-corrected chi connectivity index (χ1v) is 9.01. The second kappa shape index (κ2) is 7.87. The molecule has 112 valence electrons. The van der Waals surface area contributed by atoms with Crippen LogP contribution in [0.15, 0.2) is 51.8 Å². The van der Waals surface area contributed by atoms with Crippen LogP contribution < -0.4 is 10.1 Å². The fourth-order valence-electron chi connectivity index (χ4n) is 2.19. The molecule has 0 bridgehead atoms. The molecule has 0 radical (unpaired) electrons. The second-order valence-corrected chi connectivity index (χ2v) is 6.48. The minimum Gasteiger partial charge on any atom is -0.456 e. The lowest BCUT2D eigenvalue weighted by atomic mass is 10.1. The van der Waals surface area contributed by atoms with E-state index in [1.165, 1.54) is 0 Å². The molecule has 0 spiro atoms. The van der Waals surface area contributed by atoms with Gasteiger partial charge in [-0.2, -0.15) is 0 Å². The minimum absolute atomic E-state index is 0.250. The molecule has 0 fully saturated rings. The third-order valence-electron chi connectivity index (χ3n) is 3.24. The second-order valence-electron chi connectivity index (χ2n) is 4.71. The Labute approximate surface area is 139 Å². The largest absolute Gasteiger partial charge is 0.456 e. The summed E-state index contributed by atoms with van der Waals surface area (Å²) in [4.78, 5) is 1.14. The van der Waals surface area contributed by atoms with Crippen LogP contribution in [0.1, 0.15) is 25.5 Å². The van der Waals surface area contributed by atoms with E-state index in [4.69, 9.17) is 4.74 Å². The summed E-state index contributed by atoms with van der Waals surface area (Å²) in [6.45, 7) is 5.19. The molecule has 0 saturated carbocycles. The lowest BCUT2D eigenvalue weighted by molar-refractivity contribution is 0.453. The molecule has 0 amide bonds. The van der Waals surface area contributed by atoms with Crippen molar-refractivity contribution < 1.29 is 4.74 Å². The summed E-state index contributed by atoms with van der Waals surface area (Å²) in [5.41, 5.74) is 1.16. The van der Waals surface area contributed by atoms with Crippen molar-refractivity contribution in [3.05, 3.63) is 52.5 Å². The van der Waals surface area contributed by atoms with Crippen LogP contribution in [0.5, 0.6) is 11.5 Å². The number of benzene rings is 2. The van der Waals surface area contributed by atoms with Gasteiger partial charge in [-0.1, -0.05) is 41.1 Å². The van der Waals surface area contributed by atoms with Gasteiger partial charge in [0.1, 0.15) is 11.5 Å². The lowest BCUT2D eigenvalue weighted by Crippen LogP contribution is -2.18. The Morgan fingerprint density at radius 3 is 2.67 bits per heavy atom.